The van der Waals surface area contributed by atoms with E-state index in [4.69, 9.17) is 10.5 Å². The molecule has 0 spiro atoms. The first-order chi connectivity index (χ1) is 8.84. The molecule has 2 N–H and O–H groups in total. The molecule has 0 aliphatic carbocycles. The minimum absolute atomic E-state index is 0.120. The molecule has 0 saturated heterocycles. The minimum Gasteiger partial charge on any atom is -0.496 e. The van der Waals surface area contributed by atoms with E-state index in [0.717, 1.165) is 28.0 Å². The fourth-order valence-electron chi connectivity index (χ4n) is 2.51. The predicted molar refractivity (Wildman–Crippen MR) is 78.9 cm³/mol. The SMILES string of the molecule is COc1c(C)cc(C(=O)C(CN)C(C)C)c(C)c1C. The molecule has 0 radical (unpaired) electrons. The summed E-state index contributed by atoms with van der Waals surface area (Å²) in [5.74, 6) is 1.14. The van der Waals surface area contributed by atoms with Crippen LogP contribution in [0.2, 0.25) is 0 Å². The van der Waals surface area contributed by atoms with Crippen LogP contribution in [-0.2, 0) is 0 Å². The summed E-state index contributed by atoms with van der Waals surface area (Å²) in [6, 6.07) is 1.93. The molecule has 1 unspecified atom stereocenters. The molecule has 0 aliphatic rings. The van der Waals surface area contributed by atoms with Gasteiger partial charge in [-0.1, -0.05) is 13.8 Å². The topological polar surface area (TPSA) is 52.3 Å². The third kappa shape index (κ3) is 2.98. The normalized spacial score (nSPS) is 12.6. The van der Waals surface area contributed by atoms with E-state index < -0.39 is 0 Å². The van der Waals surface area contributed by atoms with Gasteiger partial charge in [0.1, 0.15) is 5.75 Å². The lowest BCUT2D eigenvalue weighted by Gasteiger charge is -2.21. The van der Waals surface area contributed by atoms with Crippen LogP contribution in [0.25, 0.3) is 0 Å². The van der Waals surface area contributed by atoms with Crippen LogP contribution < -0.4 is 10.5 Å². The second-order valence-corrected chi connectivity index (χ2v) is 5.47. The first kappa shape index (κ1) is 15.7. The number of aryl methyl sites for hydroxylation is 1. The average molecular weight is 263 g/mol. The van der Waals surface area contributed by atoms with Crippen molar-refractivity contribution in [1.82, 2.24) is 0 Å². The number of Topliss-reactive ketones (excluding diaryl/α,β-unsaturated/α-hetero) is 1. The van der Waals surface area contributed by atoms with E-state index in [1.165, 1.54) is 0 Å². The maximum atomic E-state index is 12.6. The molecule has 0 aromatic heterocycles. The lowest BCUT2D eigenvalue weighted by molar-refractivity contribution is 0.0891. The van der Waals surface area contributed by atoms with E-state index >= 15 is 0 Å². The number of benzene rings is 1. The average Bonchev–Trinajstić information content (AvgIpc) is 2.34. The summed E-state index contributed by atoms with van der Waals surface area (Å²) >= 11 is 0. The highest BCUT2D eigenvalue weighted by atomic mass is 16.5. The predicted octanol–water partition coefficient (Wildman–Crippen LogP) is 3.03. The quantitative estimate of drug-likeness (QED) is 0.831. The van der Waals surface area contributed by atoms with E-state index in [9.17, 15) is 4.79 Å². The van der Waals surface area contributed by atoms with Crippen molar-refractivity contribution in [2.24, 2.45) is 17.6 Å². The van der Waals surface area contributed by atoms with Gasteiger partial charge < -0.3 is 10.5 Å². The summed E-state index contributed by atoms with van der Waals surface area (Å²) in [5.41, 5.74) is 9.55. The Hall–Kier alpha value is -1.35. The molecule has 0 fully saturated rings. The Labute approximate surface area is 116 Å². The fourth-order valence-corrected chi connectivity index (χ4v) is 2.51. The number of methoxy groups -OCH3 is 1. The zero-order chi connectivity index (χ0) is 14.7. The number of ketones is 1. The summed E-state index contributed by atoms with van der Waals surface area (Å²) in [5, 5.41) is 0. The van der Waals surface area contributed by atoms with Gasteiger partial charge in [-0.3, -0.25) is 4.79 Å². The van der Waals surface area contributed by atoms with Crippen molar-refractivity contribution in [3.05, 3.63) is 28.3 Å². The molecule has 1 atom stereocenters. The van der Waals surface area contributed by atoms with Crippen LogP contribution in [0.5, 0.6) is 5.75 Å². The van der Waals surface area contributed by atoms with E-state index in [0.29, 0.717) is 6.54 Å². The highest BCUT2D eigenvalue weighted by molar-refractivity contribution is 6.00. The number of ether oxygens (including phenoxy) is 1. The molecule has 0 amide bonds. The fraction of sp³-hybridized carbons (Fsp3) is 0.562. The van der Waals surface area contributed by atoms with E-state index in [2.05, 4.69) is 0 Å². The van der Waals surface area contributed by atoms with Crippen LogP contribution in [0, 0.1) is 32.6 Å². The standard InChI is InChI=1S/C16H25NO2/c1-9(2)14(8-17)15(18)13-7-10(3)16(19-6)12(5)11(13)4/h7,9,14H,8,17H2,1-6H3. The third-order valence-corrected chi connectivity index (χ3v) is 3.89. The smallest absolute Gasteiger partial charge is 0.167 e. The van der Waals surface area contributed by atoms with E-state index in [-0.39, 0.29) is 17.6 Å². The van der Waals surface area contributed by atoms with Gasteiger partial charge in [0.05, 0.1) is 7.11 Å². The Morgan fingerprint density at radius 3 is 2.26 bits per heavy atom. The summed E-state index contributed by atoms with van der Waals surface area (Å²) in [4.78, 5) is 12.6. The van der Waals surface area contributed by atoms with Crippen molar-refractivity contribution in [1.29, 1.82) is 0 Å². The molecule has 0 heterocycles. The van der Waals surface area contributed by atoms with Crippen LogP contribution in [-0.4, -0.2) is 19.4 Å². The molecule has 1 aromatic rings. The monoisotopic (exact) mass is 263 g/mol. The van der Waals surface area contributed by atoms with Gasteiger partial charge in [-0.25, -0.2) is 0 Å². The Bertz CT molecular complexity index is 478. The van der Waals surface area contributed by atoms with Gasteiger partial charge in [-0.15, -0.1) is 0 Å². The first-order valence-corrected chi connectivity index (χ1v) is 6.74. The van der Waals surface area contributed by atoms with Gasteiger partial charge >= 0.3 is 0 Å². The van der Waals surface area contributed by atoms with Gasteiger partial charge in [0.25, 0.3) is 0 Å². The van der Waals surface area contributed by atoms with Crippen LogP contribution >= 0.6 is 0 Å². The summed E-state index contributed by atoms with van der Waals surface area (Å²) in [6.45, 7) is 10.4. The lowest BCUT2D eigenvalue weighted by Crippen LogP contribution is -2.29. The van der Waals surface area contributed by atoms with Crippen LogP contribution in [0.4, 0.5) is 0 Å². The molecule has 1 rings (SSSR count). The first-order valence-electron chi connectivity index (χ1n) is 6.74. The van der Waals surface area contributed by atoms with Crippen LogP contribution in [0.3, 0.4) is 0 Å². The Balaban J connectivity index is 3.32. The second kappa shape index (κ2) is 6.20. The van der Waals surface area contributed by atoms with Gasteiger partial charge in [-0.2, -0.15) is 0 Å². The highest BCUT2D eigenvalue weighted by Crippen LogP contribution is 2.30. The zero-order valence-electron chi connectivity index (χ0n) is 12.8. The van der Waals surface area contributed by atoms with Gasteiger partial charge in [0, 0.05) is 18.0 Å². The Morgan fingerprint density at radius 2 is 1.84 bits per heavy atom. The Kier molecular flexibility index (Phi) is 5.12. The number of hydrogen-bond acceptors (Lipinski definition) is 3. The highest BCUT2D eigenvalue weighted by Gasteiger charge is 2.25. The van der Waals surface area contributed by atoms with Gasteiger partial charge in [0.15, 0.2) is 5.78 Å². The van der Waals surface area contributed by atoms with Gasteiger partial charge in [0.2, 0.25) is 0 Å². The molecular formula is C16H25NO2. The van der Waals surface area contributed by atoms with Crippen molar-refractivity contribution in [3.63, 3.8) is 0 Å². The lowest BCUT2D eigenvalue weighted by atomic mass is 9.85. The molecule has 19 heavy (non-hydrogen) atoms. The molecular weight excluding hydrogens is 238 g/mol. The van der Waals surface area contributed by atoms with E-state index in [1.54, 1.807) is 7.11 Å². The number of hydrogen-bond donors (Lipinski definition) is 1. The third-order valence-electron chi connectivity index (χ3n) is 3.89. The number of rotatable bonds is 5. The molecule has 0 saturated carbocycles. The molecule has 0 bridgehead atoms. The molecule has 1 aromatic carbocycles. The molecule has 3 heteroatoms. The summed E-state index contributed by atoms with van der Waals surface area (Å²) in [6.07, 6.45) is 0. The number of carbonyl (C=O) groups is 1. The van der Waals surface area contributed by atoms with Gasteiger partial charge in [-0.05, 0) is 49.4 Å². The molecule has 3 nitrogen and oxygen atoms in total. The number of nitrogens with two attached hydrogens (primary N) is 1. The molecule has 106 valence electrons. The van der Waals surface area contributed by atoms with Crippen molar-refractivity contribution in [2.45, 2.75) is 34.6 Å². The van der Waals surface area contributed by atoms with Crippen molar-refractivity contribution >= 4 is 5.78 Å². The zero-order valence-corrected chi connectivity index (χ0v) is 12.8. The van der Waals surface area contributed by atoms with Crippen molar-refractivity contribution in [2.75, 3.05) is 13.7 Å². The van der Waals surface area contributed by atoms with Crippen molar-refractivity contribution < 1.29 is 9.53 Å². The van der Waals surface area contributed by atoms with Crippen LogP contribution in [0.15, 0.2) is 6.07 Å². The largest absolute Gasteiger partial charge is 0.496 e. The second-order valence-electron chi connectivity index (χ2n) is 5.47. The van der Waals surface area contributed by atoms with Crippen LogP contribution in [0.1, 0.15) is 40.9 Å². The summed E-state index contributed by atoms with van der Waals surface area (Å²) in [7, 11) is 1.66. The molecule has 0 aliphatic heterocycles. The number of carbonyl (C=O) groups excluding carboxylic acids is 1. The maximum absolute atomic E-state index is 12.6. The minimum atomic E-state index is -0.120. The Morgan fingerprint density at radius 1 is 1.26 bits per heavy atom. The summed E-state index contributed by atoms with van der Waals surface area (Å²) < 4.78 is 5.39. The van der Waals surface area contributed by atoms with E-state index in [1.807, 2.05) is 40.7 Å². The van der Waals surface area contributed by atoms with Crippen molar-refractivity contribution in [3.8, 4) is 5.75 Å². The maximum Gasteiger partial charge on any atom is 0.167 e.